The average Bonchev–Trinajstić information content (AvgIpc) is 2.79. The number of carbonyl (C=O) groups excluding carboxylic acids is 1. The van der Waals surface area contributed by atoms with E-state index in [1.807, 2.05) is 12.1 Å². The molecule has 5 heteroatoms. The molecule has 2 heterocycles. The Morgan fingerprint density at radius 3 is 1.63 bits per heavy atom. The number of benzene rings is 2. The molecule has 0 spiro atoms. The van der Waals surface area contributed by atoms with Crippen molar-refractivity contribution >= 4 is 5.78 Å². The van der Waals surface area contributed by atoms with Crippen LogP contribution in [0.2, 0.25) is 0 Å². The number of hydrogen-bond acceptors (Lipinski definition) is 5. The Bertz CT molecular complexity index is 748. The first-order chi connectivity index (χ1) is 14.6. The summed E-state index contributed by atoms with van der Waals surface area (Å²) >= 11 is 0. The number of Topliss-reactive ketones (excluding diaryl/α,β-unsaturated/α-hetero) is 1. The van der Waals surface area contributed by atoms with Crippen molar-refractivity contribution in [1.29, 1.82) is 0 Å². The highest BCUT2D eigenvalue weighted by atomic mass is 16.3. The maximum atomic E-state index is 11.0. The van der Waals surface area contributed by atoms with E-state index in [9.17, 15) is 9.90 Å². The lowest BCUT2D eigenvalue weighted by molar-refractivity contribution is -0.121. The van der Waals surface area contributed by atoms with Gasteiger partial charge in [0.1, 0.15) is 5.78 Å². The van der Waals surface area contributed by atoms with E-state index < -0.39 is 5.60 Å². The fourth-order valence-corrected chi connectivity index (χ4v) is 3.98. The topological polar surface area (TPSA) is 69.8 Å². The normalized spacial score (nSPS) is 19.7. The second-order valence-electron chi connectivity index (χ2n) is 8.49. The Kier molecular flexibility index (Phi) is 8.58. The van der Waals surface area contributed by atoms with Crippen molar-refractivity contribution in [3.8, 4) is 0 Å². The zero-order valence-corrected chi connectivity index (χ0v) is 17.9. The summed E-state index contributed by atoms with van der Waals surface area (Å²) in [6.07, 6.45) is 3.03. The molecule has 0 atom stereocenters. The van der Waals surface area contributed by atoms with Gasteiger partial charge in [-0.1, -0.05) is 60.7 Å². The summed E-state index contributed by atoms with van der Waals surface area (Å²) in [5.74, 6) is 0.411. The minimum absolute atomic E-state index is 0.381. The lowest BCUT2D eigenvalue weighted by atomic mass is 9.91. The van der Waals surface area contributed by atoms with Crippen molar-refractivity contribution in [1.82, 2.24) is 9.80 Å². The summed E-state index contributed by atoms with van der Waals surface area (Å²) in [6.45, 7) is 6.05. The van der Waals surface area contributed by atoms with E-state index in [1.165, 1.54) is 11.1 Å². The molecule has 0 amide bonds. The van der Waals surface area contributed by atoms with Crippen LogP contribution in [0.15, 0.2) is 60.7 Å². The Morgan fingerprint density at radius 2 is 1.20 bits per heavy atom. The van der Waals surface area contributed by atoms with Gasteiger partial charge in [-0.15, -0.1) is 0 Å². The van der Waals surface area contributed by atoms with E-state index in [1.54, 1.807) is 0 Å². The molecule has 0 radical (unpaired) electrons. The third-order valence-electron chi connectivity index (χ3n) is 6.08. The van der Waals surface area contributed by atoms with Crippen LogP contribution in [0, 0.1) is 0 Å². The molecule has 4 rings (SSSR count). The summed E-state index contributed by atoms with van der Waals surface area (Å²) in [5.41, 5.74) is 7.62. The number of ketones is 1. The van der Waals surface area contributed by atoms with Crippen LogP contribution in [-0.2, 0) is 17.9 Å². The van der Waals surface area contributed by atoms with E-state index in [4.69, 9.17) is 5.73 Å². The molecule has 30 heavy (non-hydrogen) atoms. The number of nitrogens with two attached hydrogens (primary N) is 1. The minimum atomic E-state index is -0.618. The molecule has 0 aromatic heterocycles. The van der Waals surface area contributed by atoms with Gasteiger partial charge in [-0.2, -0.15) is 0 Å². The number of piperidine rings is 2. The number of aliphatic hydroxyl groups is 1. The highest BCUT2D eigenvalue weighted by Gasteiger charge is 2.30. The summed E-state index contributed by atoms with van der Waals surface area (Å²) in [6, 6.07) is 20.9. The summed E-state index contributed by atoms with van der Waals surface area (Å²) in [7, 11) is 0. The molecular formula is C25H35N3O2. The molecule has 2 fully saturated rings. The monoisotopic (exact) mass is 409 g/mol. The first-order valence-electron chi connectivity index (χ1n) is 11.0. The van der Waals surface area contributed by atoms with Gasteiger partial charge in [0, 0.05) is 58.7 Å². The Morgan fingerprint density at radius 1 is 0.767 bits per heavy atom. The number of carbonyl (C=O) groups is 1. The summed E-state index contributed by atoms with van der Waals surface area (Å²) in [4.78, 5) is 15.8. The average molecular weight is 410 g/mol. The number of likely N-dealkylation sites (tertiary alicyclic amines) is 2. The van der Waals surface area contributed by atoms with Crippen LogP contribution < -0.4 is 5.73 Å². The quantitative estimate of drug-likeness (QED) is 0.795. The molecule has 2 saturated heterocycles. The number of hydrogen-bond donors (Lipinski definition) is 2. The predicted molar refractivity (Wildman–Crippen MR) is 121 cm³/mol. The smallest absolute Gasteiger partial charge is 0.135 e. The van der Waals surface area contributed by atoms with Crippen molar-refractivity contribution in [3.05, 3.63) is 71.8 Å². The molecule has 0 saturated carbocycles. The largest absolute Gasteiger partial charge is 0.388 e. The molecule has 2 aromatic carbocycles. The van der Waals surface area contributed by atoms with Gasteiger partial charge in [0.2, 0.25) is 0 Å². The summed E-state index contributed by atoms with van der Waals surface area (Å²) in [5, 5.41) is 10.0. The van der Waals surface area contributed by atoms with Crippen LogP contribution >= 0.6 is 0 Å². The molecule has 0 aliphatic carbocycles. The lowest BCUT2D eigenvalue weighted by Gasteiger charge is -2.37. The van der Waals surface area contributed by atoms with Crippen molar-refractivity contribution in [2.45, 2.75) is 44.4 Å². The zero-order chi connectivity index (χ0) is 21.2. The van der Waals surface area contributed by atoms with E-state index in [0.29, 0.717) is 12.3 Å². The standard InChI is InChI=1S/C13H20N2O.C12H15NO/c14-11-13(16)6-8-15(9-7-13)10-12-4-2-1-3-5-12;14-12-6-8-13(9-7-12)10-11-4-2-1-3-5-11/h1-5,16H,6-11,14H2;1-5H,6-10H2. The van der Waals surface area contributed by atoms with Crippen LogP contribution in [0.5, 0.6) is 0 Å². The maximum Gasteiger partial charge on any atom is 0.135 e. The van der Waals surface area contributed by atoms with Gasteiger partial charge in [-0.25, -0.2) is 0 Å². The van der Waals surface area contributed by atoms with Gasteiger partial charge in [-0.3, -0.25) is 14.6 Å². The van der Waals surface area contributed by atoms with E-state index in [0.717, 1.165) is 65.0 Å². The van der Waals surface area contributed by atoms with Gasteiger partial charge in [0.05, 0.1) is 5.60 Å². The Hall–Kier alpha value is -2.05. The van der Waals surface area contributed by atoms with Crippen LogP contribution in [0.25, 0.3) is 0 Å². The van der Waals surface area contributed by atoms with E-state index in [-0.39, 0.29) is 0 Å². The molecule has 0 unspecified atom stereocenters. The third-order valence-corrected chi connectivity index (χ3v) is 6.08. The SMILES string of the molecule is NCC1(O)CCN(Cc2ccccc2)CC1.O=C1CCN(Cc2ccccc2)CC1. The Labute approximate surface area is 180 Å². The second-order valence-corrected chi connectivity index (χ2v) is 8.49. The van der Waals surface area contributed by atoms with Crippen molar-refractivity contribution < 1.29 is 9.90 Å². The van der Waals surface area contributed by atoms with Crippen LogP contribution in [0.3, 0.4) is 0 Å². The zero-order valence-electron chi connectivity index (χ0n) is 17.9. The van der Waals surface area contributed by atoms with Crippen LogP contribution in [-0.4, -0.2) is 59.0 Å². The predicted octanol–water partition coefficient (Wildman–Crippen LogP) is 2.82. The van der Waals surface area contributed by atoms with Crippen LogP contribution in [0.1, 0.15) is 36.8 Å². The molecule has 5 nitrogen and oxygen atoms in total. The third kappa shape index (κ3) is 7.33. The summed E-state index contributed by atoms with van der Waals surface area (Å²) < 4.78 is 0. The van der Waals surface area contributed by atoms with E-state index >= 15 is 0 Å². The highest BCUT2D eigenvalue weighted by Crippen LogP contribution is 2.22. The molecule has 0 bridgehead atoms. The number of rotatable bonds is 5. The molecule has 3 N–H and O–H groups in total. The van der Waals surface area contributed by atoms with Gasteiger partial charge in [0.15, 0.2) is 0 Å². The second kappa shape index (κ2) is 11.4. The van der Waals surface area contributed by atoms with Crippen molar-refractivity contribution in [3.63, 3.8) is 0 Å². The molecule has 2 aromatic rings. The first-order valence-corrected chi connectivity index (χ1v) is 11.0. The fraction of sp³-hybridized carbons (Fsp3) is 0.480. The van der Waals surface area contributed by atoms with Crippen molar-refractivity contribution in [2.75, 3.05) is 32.7 Å². The molecule has 2 aliphatic rings. The van der Waals surface area contributed by atoms with Gasteiger partial charge in [-0.05, 0) is 24.0 Å². The Balaban J connectivity index is 0.000000172. The lowest BCUT2D eigenvalue weighted by Crippen LogP contribution is -2.48. The van der Waals surface area contributed by atoms with Crippen LogP contribution in [0.4, 0.5) is 0 Å². The maximum absolute atomic E-state index is 11.0. The highest BCUT2D eigenvalue weighted by molar-refractivity contribution is 5.79. The van der Waals surface area contributed by atoms with Gasteiger partial charge in [0.25, 0.3) is 0 Å². The van der Waals surface area contributed by atoms with Gasteiger partial charge >= 0.3 is 0 Å². The fourth-order valence-electron chi connectivity index (χ4n) is 3.98. The van der Waals surface area contributed by atoms with E-state index in [2.05, 4.69) is 58.3 Å². The molecule has 162 valence electrons. The minimum Gasteiger partial charge on any atom is -0.388 e. The molecular weight excluding hydrogens is 374 g/mol. The van der Waals surface area contributed by atoms with Gasteiger partial charge < -0.3 is 10.8 Å². The molecule has 2 aliphatic heterocycles. The van der Waals surface area contributed by atoms with Crippen molar-refractivity contribution in [2.24, 2.45) is 5.73 Å². The number of nitrogens with zero attached hydrogens (tertiary/aromatic N) is 2. The first kappa shape index (κ1) is 22.6.